The van der Waals surface area contributed by atoms with Crippen LogP contribution < -0.4 is 10.1 Å². The van der Waals surface area contributed by atoms with Crippen LogP contribution in [-0.4, -0.2) is 31.8 Å². The van der Waals surface area contributed by atoms with Gasteiger partial charge in [-0.3, -0.25) is 4.79 Å². The van der Waals surface area contributed by atoms with Crippen LogP contribution in [0.25, 0.3) is 0 Å². The Balaban J connectivity index is 1.62. The van der Waals surface area contributed by atoms with Crippen molar-refractivity contribution in [3.63, 3.8) is 0 Å². The molecule has 1 aromatic rings. The Kier molecular flexibility index (Phi) is 5.21. The predicted octanol–water partition coefficient (Wildman–Crippen LogP) is 2.06. The molecule has 1 atom stereocenters. The third kappa shape index (κ3) is 4.56. The van der Waals surface area contributed by atoms with E-state index >= 15 is 0 Å². The number of amides is 1. The maximum absolute atomic E-state index is 11.6. The molecule has 1 heterocycles. The highest BCUT2D eigenvalue weighted by molar-refractivity contribution is 5.76. The van der Waals surface area contributed by atoms with Crippen molar-refractivity contribution in [2.24, 2.45) is 0 Å². The normalized spacial score (nSPS) is 18.3. The Bertz CT molecular complexity index is 414. The number of ether oxygens (including phenoxy) is 2. The number of para-hydroxylation sites is 1. The van der Waals surface area contributed by atoms with Gasteiger partial charge in [0.25, 0.3) is 0 Å². The van der Waals surface area contributed by atoms with E-state index in [1.54, 1.807) is 0 Å². The number of hydrogen-bond donors (Lipinski definition) is 1. The highest BCUT2D eigenvalue weighted by Crippen LogP contribution is 2.16. The van der Waals surface area contributed by atoms with Crippen LogP contribution in [0.1, 0.15) is 24.8 Å². The number of nitrogens with one attached hydrogen (secondary N) is 1. The van der Waals surface area contributed by atoms with Gasteiger partial charge >= 0.3 is 0 Å². The molecule has 2 rings (SSSR count). The molecule has 4 nitrogen and oxygen atoms in total. The molecule has 1 N–H and O–H groups in total. The lowest BCUT2D eigenvalue weighted by atomic mass is 10.2. The highest BCUT2D eigenvalue weighted by atomic mass is 16.5. The summed E-state index contributed by atoms with van der Waals surface area (Å²) >= 11 is 0. The van der Waals surface area contributed by atoms with Gasteiger partial charge in [0.1, 0.15) is 5.75 Å². The van der Waals surface area contributed by atoms with E-state index in [1.165, 1.54) is 0 Å². The number of rotatable bonds is 6. The summed E-state index contributed by atoms with van der Waals surface area (Å²) in [5, 5.41) is 2.88. The molecule has 4 heteroatoms. The first kappa shape index (κ1) is 13.9. The first-order chi connectivity index (χ1) is 9.25. The second kappa shape index (κ2) is 7.14. The van der Waals surface area contributed by atoms with Crippen molar-refractivity contribution in [1.29, 1.82) is 0 Å². The van der Waals surface area contributed by atoms with E-state index in [9.17, 15) is 4.79 Å². The van der Waals surface area contributed by atoms with E-state index < -0.39 is 0 Å². The Hall–Kier alpha value is -1.55. The zero-order valence-electron chi connectivity index (χ0n) is 11.4. The van der Waals surface area contributed by atoms with Crippen molar-refractivity contribution >= 4 is 5.91 Å². The van der Waals surface area contributed by atoms with Crippen molar-refractivity contribution in [1.82, 2.24) is 5.32 Å². The predicted molar refractivity (Wildman–Crippen MR) is 73.3 cm³/mol. The summed E-state index contributed by atoms with van der Waals surface area (Å²) in [7, 11) is 0. The van der Waals surface area contributed by atoms with Crippen LogP contribution in [0.15, 0.2) is 24.3 Å². The molecule has 0 aromatic heterocycles. The Labute approximate surface area is 114 Å². The first-order valence-electron chi connectivity index (χ1n) is 6.82. The van der Waals surface area contributed by atoms with Gasteiger partial charge in [0, 0.05) is 13.2 Å². The van der Waals surface area contributed by atoms with Gasteiger partial charge in [-0.25, -0.2) is 0 Å². The van der Waals surface area contributed by atoms with E-state index in [1.807, 2.05) is 31.2 Å². The monoisotopic (exact) mass is 263 g/mol. The SMILES string of the molecule is Cc1ccccc1OCCC(=O)NCC1CCCO1. The minimum absolute atomic E-state index is 0.0177. The molecule has 19 heavy (non-hydrogen) atoms. The molecule has 0 radical (unpaired) electrons. The third-order valence-corrected chi connectivity index (χ3v) is 3.23. The third-order valence-electron chi connectivity index (χ3n) is 3.23. The summed E-state index contributed by atoms with van der Waals surface area (Å²) in [5.41, 5.74) is 1.09. The van der Waals surface area contributed by atoms with Gasteiger partial charge in [-0.2, -0.15) is 0 Å². The van der Waals surface area contributed by atoms with E-state index in [4.69, 9.17) is 9.47 Å². The smallest absolute Gasteiger partial charge is 0.223 e. The van der Waals surface area contributed by atoms with Gasteiger partial charge in [0.05, 0.1) is 19.1 Å². The van der Waals surface area contributed by atoms with Crippen LogP contribution in [0.2, 0.25) is 0 Å². The highest BCUT2D eigenvalue weighted by Gasteiger charge is 2.15. The Morgan fingerprint density at radius 2 is 2.32 bits per heavy atom. The number of carbonyl (C=O) groups excluding carboxylic acids is 1. The molecule has 0 bridgehead atoms. The van der Waals surface area contributed by atoms with Crippen LogP contribution >= 0.6 is 0 Å². The van der Waals surface area contributed by atoms with E-state index in [0.29, 0.717) is 19.6 Å². The van der Waals surface area contributed by atoms with Crippen LogP contribution in [0.4, 0.5) is 0 Å². The molecular formula is C15H21NO3. The zero-order valence-corrected chi connectivity index (χ0v) is 11.4. The van der Waals surface area contributed by atoms with E-state index in [2.05, 4.69) is 5.32 Å². The maximum atomic E-state index is 11.6. The van der Waals surface area contributed by atoms with Crippen molar-refractivity contribution in [3.05, 3.63) is 29.8 Å². The lowest BCUT2D eigenvalue weighted by Crippen LogP contribution is -2.32. The van der Waals surface area contributed by atoms with Crippen LogP contribution in [-0.2, 0) is 9.53 Å². The fraction of sp³-hybridized carbons (Fsp3) is 0.533. The average molecular weight is 263 g/mol. The fourth-order valence-electron chi connectivity index (χ4n) is 2.09. The molecule has 1 aliphatic rings. The summed E-state index contributed by atoms with van der Waals surface area (Å²) in [4.78, 5) is 11.6. The second-order valence-corrected chi connectivity index (χ2v) is 4.80. The van der Waals surface area contributed by atoms with Gasteiger partial charge in [0.15, 0.2) is 0 Å². The van der Waals surface area contributed by atoms with E-state index in [0.717, 1.165) is 30.8 Å². The second-order valence-electron chi connectivity index (χ2n) is 4.80. The Morgan fingerprint density at radius 1 is 1.47 bits per heavy atom. The van der Waals surface area contributed by atoms with Crippen LogP contribution in [0, 0.1) is 6.92 Å². The van der Waals surface area contributed by atoms with Crippen molar-refractivity contribution in [2.45, 2.75) is 32.3 Å². The molecule has 1 amide bonds. The molecule has 0 aliphatic carbocycles. The topological polar surface area (TPSA) is 47.6 Å². The molecule has 0 spiro atoms. The molecular weight excluding hydrogens is 242 g/mol. The lowest BCUT2D eigenvalue weighted by Gasteiger charge is -2.11. The summed E-state index contributed by atoms with van der Waals surface area (Å²) in [6.07, 6.45) is 2.71. The van der Waals surface area contributed by atoms with E-state index in [-0.39, 0.29) is 12.0 Å². The van der Waals surface area contributed by atoms with Gasteiger partial charge in [-0.15, -0.1) is 0 Å². The maximum Gasteiger partial charge on any atom is 0.223 e. The average Bonchev–Trinajstić information content (AvgIpc) is 2.92. The summed E-state index contributed by atoms with van der Waals surface area (Å²) in [6, 6.07) is 7.81. The minimum Gasteiger partial charge on any atom is -0.493 e. The summed E-state index contributed by atoms with van der Waals surface area (Å²) < 4.78 is 11.0. The lowest BCUT2D eigenvalue weighted by molar-refractivity contribution is -0.122. The van der Waals surface area contributed by atoms with Gasteiger partial charge in [0.2, 0.25) is 5.91 Å². The molecule has 1 aromatic carbocycles. The van der Waals surface area contributed by atoms with Crippen LogP contribution in [0.5, 0.6) is 5.75 Å². The van der Waals surface area contributed by atoms with Crippen molar-refractivity contribution in [2.75, 3.05) is 19.8 Å². The molecule has 104 valence electrons. The first-order valence-corrected chi connectivity index (χ1v) is 6.82. The molecule has 1 aliphatic heterocycles. The quantitative estimate of drug-likeness (QED) is 0.854. The Morgan fingerprint density at radius 3 is 3.05 bits per heavy atom. The largest absolute Gasteiger partial charge is 0.493 e. The summed E-state index contributed by atoms with van der Waals surface area (Å²) in [6.45, 7) is 3.83. The fourth-order valence-corrected chi connectivity index (χ4v) is 2.09. The standard InChI is InChI=1S/C15H21NO3/c1-12-5-2-3-7-14(12)19-10-8-15(17)16-11-13-6-4-9-18-13/h2-3,5,7,13H,4,6,8-11H2,1H3,(H,16,17). The van der Waals surface area contributed by atoms with Crippen LogP contribution in [0.3, 0.4) is 0 Å². The molecule has 1 fully saturated rings. The number of carbonyl (C=O) groups is 1. The molecule has 1 saturated heterocycles. The van der Waals surface area contributed by atoms with Crippen molar-refractivity contribution in [3.8, 4) is 5.75 Å². The minimum atomic E-state index is 0.0177. The molecule has 1 unspecified atom stereocenters. The number of aryl methyl sites for hydroxylation is 1. The number of benzene rings is 1. The number of hydrogen-bond acceptors (Lipinski definition) is 3. The zero-order chi connectivity index (χ0) is 13.5. The summed E-state index contributed by atoms with van der Waals surface area (Å²) in [5.74, 6) is 0.860. The van der Waals surface area contributed by atoms with Gasteiger partial charge < -0.3 is 14.8 Å². The molecule has 0 saturated carbocycles. The van der Waals surface area contributed by atoms with Gasteiger partial charge in [-0.05, 0) is 31.4 Å². The van der Waals surface area contributed by atoms with Crippen molar-refractivity contribution < 1.29 is 14.3 Å². The van der Waals surface area contributed by atoms with Gasteiger partial charge in [-0.1, -0.05) is 18.2 Å².